The fourth-order valence-electron chi connectivity index (χ4n) is 1.56. The van der Waals surface area contributed by atoms with Crippen molar-refractivity contribution in [2.24, 2.45) is 0 Å². The van der Waals surface area contributed by atoms with Crippen LogP contribution in [-0.4, -0.2) is 6.29 Å². The minimum Gasteiger partial charge on any atom is -0.298 e. The summed E-state index contributed by atoms with van der Waals surface area (Å²) in [7, 11) is 0. The topological polar surface area (TPSA) is 17.1 Å². The summed E-state index contributed by atoms with van der Waals surface area (Å²) in [6, 6.07) is 6.12. The van der Waals surface area contributed by atoms with E-state index in [9.17, 15) is 4.79 Å². The molecule has 1 nitrogen and oxygen atoms in total. The van der Waals surface area contributed by atoms with Crippen LogP contribution in [-0.2, 0) is 0 Å². The second-order valence-corrected chi connectivity index (χ2v) is 4.32. The second kappa shape index (κ2) is 4.41. The van der Waals surface area contributed by atoms with Gasteiger partial charge in [0, 0.05) is 5.56 Å². The third kappa shape index (κ3) is 2.22. The van der Waals surface area contributed by atoms with Gasteiger partial charge in [-0.2, -0.15) is 0 Å². The van der Waals surface area contributed by atoms with Crippen molar-refractivity contribution >= 4 is 6.29 Å². The molecule has 0 saturated heterocycles. The minimum atomic E-state index is 0.411. The zero-order valence-electron chi connectivity index (χ0n) is 9.37. The Hall–Kier alpha value is -1.11. The number of rotatable bonds is 3. The number of benzene rings is 1. The Morgan fingerprint density at radius 3 is 2.14 bits per heavy atom. The molecule has 0 heterocycles. The maximum Gasteiger partial charge on any atom is 0.150 e. The molecule has 0 amide bonds. The monoisotopic (exact) mass is 190 g/mol. The number of carbonyl (C=O) groups is 1. The highest BCUT2D eigenvalue weighted by molar-refractivity contribution is 5.77. The number of hydrogen-bond donors (Lipinski definition) is 0. The van der Waals surface area contributed by atoms with Gasteiger partial charge in [-0.1, -0.05) is 45.9 Å². The van der Waals surface area contributed by atoms with Crippen molar-refractivity contribution in [1.29, 1.82) is 0 Å². The molecule has 76 valence electrons. The van der Waals surface area contributed by atoms with Gasteiger partial charge in [0.2, 0.25) is 0 Å². The summed E-state index contributed by atoms with van der Waals surface area (Å²) in [6.07, 6.45) is 0.944. The van der Waals surface area contributed by atoms with Crippen molar-refractivity contribution in [3.05, 3.63) is 34.9 Å². The summed E-state index contributed by atoms with van der Waals surface area (Å²) in [4.78, 5) is 10.8. The van der Waals surface area contributed by atoms with E-state index in [1.165, 1.54) is 5.56 Å². The molecule has 1 aromatic rings. The van der Waals surface area contributed by atoms with E-state index in [1.54, 1.807) is 0 Å². The second-order valence-electron chi connectivity index (χ2n) is 4.32. The van der Waals surface area contributed by atoms with E-state index < -0.39 is 0 Å². The molecule has 0 fully saturated rings. The Morgan fingerprint density at radius 1 is 1.07 bits per heavy atom. The first-order valence-electron chi connectivity index (χ1n) is 5.15. The summed E-state index contributed by atoms with van der Waals surface area (Å²) in [5.41, 5.74) is 3.29. The molecule has 1 rings (SSSR count). The molecule has 0 unspecified atom stereocenters. The molecule has 0 saturated carbocycles. The van der Waals surface area contributed by atoms with Gasteiger partial charge in [0.1, 0.15) is 6.29 Å². The van der Waals surface area contributed by atoms with Crippen molar-refractivity contribution in [3.8, 4) is 0 Å². The van der Waals surface area contributed by atoms with Crippen molar-refractivity contribution in [3.63, 3.8) is 0 Å². The fraction of sp³-hybridized carbons (Fsp3) is 0.462. The van der Waals surface area contributed by atoms with E-state index in [-0.39, 0.29) is 0 Å². The van der Waals surface area contributed by atoms with E-state index in [1.807, 2.05) is 12.1 Å². The smallest absolute Gasteiger partial charge is 0.150 e. The van der Waals surface area contributed by atoms with E-state index in [0.29, 0.717) is 11.8 Å². The molecule has 0 aliphatic carbocycles. The van der Waals surface area contributed by atoms with Crippen molar-refractivity contribution in [2.75, 3.05) is 0 Å². The Morgan fingerprint density at radius 2 is 1.71 bits per heavy atom. The average molecular weight is 190 g/mol. The lowest BCUT2D eigenvalue weighted by atomic mass is 9.92. The summed E-state index contributed by atoms with van der Waals surface area (Å²) < 4.78 is 0. The standard InChI is InChI=1S/C13H18O/c1-9(2)11-5-6-12(8-14)13(7-11)10(3)4/h5-10H,1-4H3. The van der Waals surface area contributed by atoms with Gasteiger partial charge in [-0.05, 0) is 23.0 Å². The maximum atomic E-state index is 10.8. The highest BCUT2D eigenvalue weighted by atomic mass is 16.1. The van der Waals surface area contributed by atoms with E-state index >= 15 is 0 Å². The summed E-state index contributed by atoms with van der Waals surface area (Å²) in [5.74, 6) is 0.933. The Labute approximate surface area is 86.1 Å². The van der Waals surface area contributed by atoms with Gasteiger partial charge in [-0.15, -0.1) is 0 Å². The van der Waals surface area contributed by atoms with E-state index in [4.69, 9.17) is 0 Å². The zero-order valence-corrected chi connectivity index (χ0v) is 9.37. The number of hydrogen-bond acceptors (Lipinski definition) is 1. The van der Waals surface area contributed by atoms with Crippen molar-refractivity contribution < 1.29 is 4.79 Å². The molecule has 0 radical (unpaired) electrons. The van der Waals surface area contributed by atoms with Crippen LogP contribution in [0.5, 0.6) is 0 Å². The molecule has 0 aliphatic rings. The van der Waals surface area contributed by atoms with Crippen LogP contribution in [0.25, 0.3) is 0 Å². The predicted molar refractivity (Wildman–Crippen MR) is 60.0 cm³/mol. The first kappa shape index (κ1) is 11.0. The van der Waals surface area contributed by atoms with Gasteiger partial charge in [0.25, 0.3) is 0 Å². The lowest BCUT2D eigenvalue weighted by molar-refractivity contribution is 0.112. The predicted octanol–water partition coefficient (Wildman–Crippen LogP) is 3.75. The SMILES string of the molecule is CC(C)c1ccc(C=O)c(C(C)C)c1. The van der Waals surface area contributed by atoms with Gasteiger partial charge >= 0.3 is 0 Å². The Bertz CT molecular complexity index is 324. The third-order valence-corrected chi connectivity index (χ3v) is 2.53. The molecular weight excluding hydrogens is 172 g/mol. The average Bonchev–Trinajstić information content (AvgIpc) is 2.16. The molecular formula is C13H18O. The molecule has 0 spiro atoms. The molecule has 0 aromatic heterocycles. The van der Waals surface area contributed by atoms with Crippen LogP contribution >= 0.6 is 0 Å². The van der Waals surface area contributed by atoms with Gasteiger partial charge in [0.15, 0.2) is 0 Å². The minimum absolute atomic E-state index is 0.411. The van der Waals surface area contributed by atoms with Gasteiger partial charge in [0.05, 0.1) is 0 Å². The highest BCUT2D eigenvalue weighted by Gasteiger charge is 2.08. The Balaban J connectivity index is 3.20. The van der Waals surface area contributed by atoms with Crippen LogP contribution in [0.1, 0.15) is 61.0 Å². The van der Waals surface area contributed by atoms with Crippen LogP contribution in [0.4, 0.5) is 0 Å². The summed E-state index contributed by atoms with van der Waals surface area (Å²) in [6.45, 7) is 8.57. The normalized spacial score (nSPS) is 11.0. The molecule has 0 aliphatic heterocycles. The van der Waals surface area contributed by atoms with Crippen LogP contribution in [0.15, 0.2) is 18.2 Å². The zero-order chi connectivity index (χ0) is 10.7. The fourth-order valence-corrected chi connectivity index (χ4v) is 1.56. The van der Waals surface area contributed by atoms with Crippen LogP contribution in [0.3, 0.4) is 0 Å². The quantitative estimate of drug-likeness (QED) is 0.663. The summed E-state index contributed by atoms with van der Waals surface area (Å²) >= 11 is 0. The van der Waals surface area contributed by atoms with Crippen LogP contribution < -0.4 is 0 Å². The van der Waals surface area contributed by atoms with E-state index in [2.05, 4.69) is 33.8 Å². The van der Waals surface area contributed by atoms with Gasteiger partial charge in [-0.3, -0.25) is 4.79 Å². The van der Waals surface area contributed by atoms with Crippen molar-refractivity contribution in [1.82, 2.24) is 0 Å². The first-order chi connectivity index (χ1) is 6.56. The van der Waals surface area contributed by atoms with Crippen LogP contribution in [0, 0.1) is 0 Å². The molecule has 1 heteroatoms. The van der Waals surface area contributed by atoms with Crippen LogP contribution in [0.2, 0.25) is 0 Å². The molecule has 1 aromatic carbocycles. The van der Waals surface area contributed by atoms with Gasteiger partial charge in [-0.25, -0.2) is 0 Å². The summed E-state index contributed by atoms with van der Waals surface area (Å²) in [5, 5.41) is 0. The van der Waals surface area contributed by atoms with Crippen molar-refractivity contribution in [2.45, 2.75) is 39.5 Å². The lowest BCUT2D eigenvalue weighted by Crippen LogP contribution is -1.98. The molecule has 0 N–H and O–H groups in total. The third-order valence-electron chi connectivity index (χ3n) is 2.53. The number of carbonyl (C=O) groups excluding carboxylic acids is 1. The molecule has 0 atom stereocenters. The largest absolute Gasteiger partial charge is 0.298 e. The maximum absolute atomic E-state index is 10.8. The van der Waals surface area contributed by atoms with Gasteiger partial charge < -0.3 is 0 Å². The first-order valence-corrected chi connectivity index (χ1v) is 5.15. The lowest BCUT2D eigenvalue weighted by Gasteiger charge is -2.13. The van der Waals surface area contributed by atoms with E-state index in [0.717, 1.165) is 17.4 Å². The highest BCUT2D eigenvalue weighted by Crippen LogP contribution is 2.23. The molecule has 0 bridgehead atoms. The number of aldehydes is 1. The molecule has 14 heavy (non-hydrogen) atoms. The Kier molecular flexibility index (Phi) is 3.45.